The van der Waals surface area contributed by atoms with Crippen LogP contribution in [0, 0.1) is 71.0 Å². The van der Waals surface area contributed by atoms with E-state index in [0.717, 1.165) is 59.2 Å². The Morgan fingerprint density at radius 1 is 0.375 bits per heavy atom. The van der Waals surface area contributed by atoms with Gasteiger partial charge in [0.25, 0.3) is 0 Å². The van der Waals surface area contributed by atoms with Crippen molar-refractivity contribution in [2.45, 2.75) is 69.2 Å². The summed E-state index contributed by atoms with van der Waals surface area (Å²) in [6.45, 7) is 29.7. The molecule has 0 heterocycles. The minimum atomic E-state index is 0.703. The third kappa shape index (κ3) is 3.01. The maximum atomic E-state index is 4.79. The summed E-state index contributed by atoms with van der Waals surface area (Å²) >= 11 is 0. The summed E-state index contributed by atoms with van der Waals surface area (Å²) in [6.07, 6.45) is 0. The smallest absolute Gasteiger partial charge is 0.0146 e. The van der Waals surface area contributed by atoms with Crippen molar-refractivity contribution in [3.8, 4) is 0 Å². The first-order valence-electron chi connectivity index (χ1n) is 10.7. The molecule has 0 saturated heterocycles. The summed E-state index contributed by atoms with van der Waals surface area (Å²) in [5.74, 6) is 9.36. The molecule has 0 heteroatoms. The van der Waals surface area contributed by atoms with Crippen LogP contribution in [0.2, 0.25) is 0 Å². The normalized spacial score (nSPS) is 56.1. The molecular weight excluding hydrogens is 288 g/mol. The van der Waals surface area contributed by atoms with E-state index in [1.54, 1.807) is 5.57 Å². The molecule has 0 aromatic rings. The van der Waals surface area contributed by atoms with Gasteiger partial charge in [-0.25, -0.2) is 0 Å². The Morgan fingerprint density at radius 2 is 0.542 bits per heavy atom. The molecular formula is C24H44. The van der Waals surface area contributed by atoms with Crippen LogP contribution in [0.15, 0.2) is 12.2 Å². The van der Waals surface area contributed by atoms with Gasteiger partial charge in [0, 0.05) is 0 Å². The molecule has 0 radical (unpaired) electrons. The van der Waals surface area contributed by atoms with Gasteiger partial charge in [-0.15, -0.1) is 0 Å². The molecule has 0 amide bonds. The third-order valence-corrected chi connectivity index (χ3v) is 9.76. The Hall–Kier alpha value is -0.260. The molecule has 2 aliphatic carbocycles. The quantitative estimate of drug-likeness (QED) is 0.470. The summed E-state index contributed by atoms with van der Waals surface area (Å²) in [4.78, 5) is 0. The molecule has 140 valence electrons. The van der Waals surface area contributed by atoms with Gasteiger partial charge in [0.2, 0.25) is 0 Å². The van der Waals surface area contributed by atoms with Crippen molar-refractivity contribution in [1.82, 2.24) is 0 Å². The molecule has 2 fully saturated rings. The van der Waals surface area contributed by atoms with E-state index in [0.29, 0.717) is 11.8 Å². The number of rotatable bonds is 2. The zero-order valence-electron chi connectivity index (χ0n) is 18.1. The molecule has 24 heavy (non-hydrogen) atoms. The predicted octanol–water partition coefficient (Wildman–Crippen LogP) is 7.16. The molecule has 0 aromatic heterocycles. The number of hydrogen-bond donors (Lipinski definition) is 0. The van der Waals surface area contributed by atoms with E-state index in [9.17, 15) is 0 Å². The molecule has 2 saturated carbocycles. The minimum Gasteiger partial charge on any atom is -0.0993 e. The number of hydrogen-bond acceptors (Lipinski definition) is 0. The van der Waals surface area contributed by atoms with E-state index in [-0.39, 0.29) is 0 Å². The van der Waals surface area contributed by atoms with Gasteiger partial charge >= 0.3 is 0 Å². The first-order chi connectivity index (χ1) is 11.0. The van der Waals surface area contributed by atoms with Crippen molar-refractivity contribution in [2.24, 2.45) is 71.0 Å². The maximum absolute atomic E-state index is 4.79. The zero-order valence-corrected chi connectivity index (χ0v) is 18.1. The predicted molar refractivity (Wildman–Crippen MR) is 108 cm³/mol. The lowest BCUT2D eigenvalue weighted by molar-refractivity contribution is -0.000300. The summed E-state index contributed by atoms with van der Waals surface area (Å²) in [5.41, 5.74) is 1.60. The summed E-state index contributed by atoms with van der Waals surface area (Å²) in [7, 11) is 0. The van der Waals surface area contributed by atoms with E-state index in [2.05, 4.69) is 69.2 Å². The largest absolute Gasteiger partial charge is 0.0993 e. The summed E-state index contributed by atoms with van der Waals surface area (Å²) in [6, 6.07) is 0. The Kier molecular flexibility index (Phi) is 5.98. The second-order valence-corrected chi connectivity index (χ2v) is 10.2. The molecule has 0 spiro atoms. The molecule has 0 bridgehead atoms. The molecule has 0 nitrogen and oxygen atoms in total. The van der Waals surface area contributed by atoms with Crippen molar-refractivity contribution in [1.29, 1.82) is 0 Å². The van der Waals surface area contributed by atoms with Crippen LogP contribution >= 0.6 is 0 Å². The molecule has 0 aliphatic heterocycles. The van der Waals surface area contributed by atoms with Crippen LogP contribution in [0.4, 0.5) is 0 Å². The van der Waals surface area contributed by atoms with Gasteiger partial charge < -0.3 is 0 Å². The highest BCUT2D eigenvalue weighted by atomic mass is 14.5. The fourth-order valence-corrected chi connectivity index (χ4v) is 6.71. The van der Waals surface area contributed by atoms with Gasteiger partial charge in [0.15, 0.2) is 0 Å². The summed E-state index contributed by atoms with van der Waals surface area (Å²) < 4.78 is 0. The molecule has 8 atom stereocenters. The van der Waals surface area contributed by atoms with Gasteiger partial charge in [0.1, 0.15) is 0 Å². The van der Waals surface area contributed by atoms with Gasteiger partial charge in [-0.05, 0) is 71.0 Å². The average molecular weight is 333 g/mol. The Balaban J connectivity index is 2.32. The molecule has 2 rings (SSSR count). The Labute approximate surface area is 152 Å². The van der Waals surface area contributed by atoms with Crippen LogP contribution in [-0.4, -0.2) is 0 Å². The molecule has 8 unspecified atom stereocenters. The van der Waals surface area contributed by atoms with Crippen molar-refractivity contribution >= 4 is 0 Å². The SMILES string of the molecule is C=C(C1C(C)C(C)C(C)C(C)C1C)C1C(C)C(C)C(C)C(C)C1C. The Morgan fingerprint density at radius 3 is 0.750 bits per heavy atom. The van der Waals surface area contributed by atoms with Gasteiger partial charge in [-0.2, -0.15) is 0 Å². The van der Waals surface area contributed by atoms with Crippen molar-refractivity contribution < 1.29 is 0 Å². The first kappa shape index (κ1) is 20.1. The number of allylic oxidation sites excluding steroid dienone is 1. The van der Waals surface area contributed by atoms with Crippen LogP contribution in [0.3, 0.4) is 0 Å². The van der Waals surface area contributed by atoms with Gasteiger partial charge in [-0.3, -0.25) is 0 Å². The highest BCUT2D eigenvalue weighted by Gasteiger charge is 2.48. The fraction of sp³-hybridized carbons (Fsp3) is 0.917. The van der Waals surface area contributed by atoms with E-state index in [1.807, 2.05) is 0 Å². The van der Waals surface area contributed by atoms with E-state index in [1.165, 1.54) is 0 Å². The van der Waals surface area contributed by atoms with Crippen molar-refractivity contribution in [3.05, 3.63) is 12.2 Å². The van der Waals surface area contributed by atoms with Gasteiger partial charge in [-0.1, -0.05) is 81.4 Å². The lowest BCUT2D eigenvalue weighted by atomic mass is 9.51. The monoisotopic (exact) mass is 332 g/mol. The maximum Gasteiger partial charge on any atom is -0.0146 e. The molecule has 0 aromatic carbocycles. The lowest BCUT2D eigenvalue weighted by Gasteiger charge is -2.54. The highest BCUT2D eigenvalue weighted by Crippen LogP contribution is 2.54. The van der Waals surface area contributed by atoms with Crippen molar-refractivity contribution in [2.75, 3.05) is 0 Å². The topological polar surface area (TPSA) is 0 Å². The van der Waals surface area contributed by atoms with Crippen LogP contribution < -0.4 is 0 Å². The van der Waals surface area contributed by atoms with Crippen molar-refractivity contribution in [3.63, 3.8) is 0 Å². The van der Waals surface area contributed by atoms with E-state index < -0.39 is 0 Å². The fourth-order valence-electron chi connectivity index (χ4n) is 6.71. The summed E-state index contributed by atoms with van der Waals surface area (Å²) in [5, 5.41) is 0. The second kappa shape index (κ2) is 7.16. The van der Waals surface area contributed by atoms with Crippen LogP contribution in [-0.2, 0) is 0 Å². The van der Waals surface area contributed by atoms with Gasteiger partial charge in [0.05, 0.1) is 0 Å². The standard InChI is InChI=1S/C24H44/c1-12-14(3)18(7)23(19(8)15(12)4)22(11)24-20(9)16(5)13(2)17(6)21(24)10/h12-21,23-24H,11H2,1-10H3. The van der Waals surface area contributed by atoms with E-state index >= 15 is 0 Å². The highest BCUT2D eigenvalue weighted by molar-refractivity contribution is 5.16. The lowest BCUT2D eigenvalue weighted by Crippen LogP contribution is -2.47. The van der Waals surface area contributed by atoms with Crippen LogP contribution in [0.25, 0.3) is 0 Å². The minimum absolute atomic E-state index is 0.703. The van der Waals surface area contributed by atoms with Crippen LogP contribution in [0.5, 0.6) is 0 Å². The van der Waals surface area contributed by atoms with Crippen LogP contribution in [0.1, 0.15) is 69.2 Å². The van der Waals surface area contributed by atoms with E-state index in [4.69, 9.17) is 6.58 Å². The zero-order chi connectivity index (χ0) is 18.5. The molecule has 2 aliphatic rings. The third-order valence-electron chi connectivity index (χ3n) is 9.76. The average Bonchev–Trinajstić information content (AvgIpc) is 2.55. The molecule has 0 N–H and O–H groups in total. The first-order valence-corrected chi connectivity index (χ1v) is 10.7. The second-order valence-electron chi connectivity index (χ2n) is 10.2. The Bertz CT molecular complexity index is 377.